The van der Waals surface area contributed by atoms with E-state index < -0.39 is 0 Å². The Morgan fingerprint density at radius 1 is 1.36 bits per heavy atom. The van der Waals surface area contributed by atoms with Gasteiger partial charge in [-0.3, -0.25) is 0 Å². The van der Waals surface area contributed by atoms with Gasteiger partial charge in [-0.25, -0.2) is 4.98 Å². The molecule has 0 unspecified atom stereocenters. The Labute approximate surface area is 95.1 Å². The summed E-state index contributed by atoms with van der Waals surface area (Å²) in [4.78, 5) is 4.07. The second-order valence-corrected chi connectivity index (χ2v) is 4.36. The minimum Gasteiger partial charge on any atom is -0.379 e. The molecule has 4 heteroatoms. The first-order valence-electron chi connectivity index (χ1n) is 4.14. The van der Waals surface area contributed by atoms with Crippen molar-refractivity contribution in [3.05, 3.63) is 45.3 Å². The zero-order chi connectivity index (χ0) is 9.80. The standard InChI is InChI=1S/C10H8BrN2S/c11-8-1-3-9(4-2-8)12-5-10-6-14-7-13-10/h1-4,6,12H,5H2. The third-order valence-electron chi connectivity index (χ3n) is 1.75. The van der Waals surface area contributed by atoms with Gasteiger partial charge < -0.3 is 5.32 Å². The number of rotatable bonds is 3. The molecular weight excluding hydrogens is 260 g/mol. The average Bonchev–Trinajstić information content (AvgIpc) is 2.70. The van der Waals surface area contributed by atoms with Gasteiger partial charge in [0.1, 0.15) is 0 Å². The molecule has 14 heavy (non-hydrogen) atoms. The van der Waals surface area contributed by atoms with E-state index in [1.807, 2.05) is 29.6 Å². The van der Waals surface area contributed by atoms with E-state index in [1.54, 1.807) is 0 Å². The van der Waals surface area contributed by atoms with E-state index >= 15 is 0 Å². The van der Waals surface area contributed by atoms with Crippen LogP contribution in [0.5, 0.6) is 0 Å². The van der Waals surface area contributed by atoms with E-state index in [0.29, 0.717) is 0 Å². The summed E-state index contributed by atoms with van der Waals surface area (Å²) in [7, 11) is 0. The lowest BCUT2D eigenvalue weighted by molar-refractivity contribution is 1.07. The summed E-state index contributed by atoms with van der Waals surface area (Å²) >= 11 is 4.89. The number of hydrogen-bond acceptors (Lipinski definition) is 3. The lowest BCUT2D eigenvalue weighted by Crippen LogP contribution is -1.98. The lowest BCUT2D eigenvalue weighted by Gasteiger charge is -2.03. The fourth-order valence-electron chi connectivity index (χ4n) is 1.05. The highest BCUT2D eigenvalue weighted by atomic mass is 79.9. The number of benzene rings is 1. The van der Waals surface area contributed by atoms with Crippen molar-refractivity contribution >= 4 is 33.0 Å². The summed E-state index contributed by atoms with van der Waals surface area (Å²) in [5.74, 6) is 0. The molecule has 1 heterocycles. The molecule has 0 amide bonds. The summed E-state index contributed by atoms with van der Waals surface area (Å²) < 4.78 is 1.09. The Morgan fingerprint density at radius 3 is 2.79 bits per heavy atom. The predicted molar refractivity (Wildman–Crippen MR) is 62.4 cm³/mol. The highest BCUT2D eigenvalue weighted by Gasteiger charge is 1.95. The maximum absolute atomic E-state index is 4.07. The minimum absolute atomic E-state index is 0.752. The number of hydrogen-bond donors (Lipinski definition) is 1. The van der Waals surface area contributed by atoms with Gasteiger partial charge in [0.25, 0.3) is 0 Å². The number of aromatic nitrogens is 1. The molecule has 0 aliphatic rings. The number of nitrogens with one attached hydrogen (secondary N) is 1. The first-order valence-corrected chi connectivity index (χ1v) is 5.82. The number of anilines is 1. The molecule has 1 N–H and O–H groups in total. The molecule has 0 spiro atoms. The van der Waals surface area contributed by atoms with Crippen molar-refractivity contribution in [1.82, 2.24) is 4.98 Å². The average molecular weight is 268 g/mol. The van der Waals surface area contributed by atoms with Crippen LogP contribution in [0.4, 0.5) is 5.69 Å². The Balaban J connectivity index is 1.95. The summed E-state index contributed by atoms with van der Waals surface area (Å²) in [5, 5.41) is 5.27. The summed E-state index contributed by atoms with van der Waals surface area (Å²) in [6, 6.07) is 8.07. The van der Waals surface area contributed by atoms with Crippen molar-refractivity contribution < 1.29 is 0 Å². The van der Waals surface area contributed by atoms with Crippen LogP contribution in [0.3, 0.4) is 0 Å². The van der Waals surface area contributed by atoms with Gasteiger partial charge in [0, 0.05) is 15.5 Å². The van der Waals surface area contributed by atoms with Crippen molar-refractivity contribution in [2.24, 2.45) is 0 Å². The minimum atomic E-state index is 0.752. The smallest absolute Gasteiger partial charge is 0.152 e. The molecule has 2 nitrogen and oxygen atoms in total. The van der Waals surface area contributed by atoms with Crippen molar-refractivity contribution in [1.29, 1.82) is 0 Å². The zero-order valence-electron chi connectivity index (χ0n) is 7.33. The fraction of sp³-hybridized carbons (Fsp3) is 0.100. The van der Waals surface area contributed by atoms with Crippen molar-refractivity contribution in [2.45, 2.75) is 6.54 Å². The Morgan fingerprint density at radius 2 is 2.14 bits per heavy atom. The van der Waals surface area contributed by atoms with Gasteiger partial charge in [-0.15, -0.1) is 11.3 Å². The first kappa shape index (κ1) is 9.68. The molecule has 1 aromatic carbocycles. The molecule has 2 aromatic rings. The second kappa shape index (κ2) is 4.57. The van der Waals surface area contributed by atoms with E-state index in [2.05, 4.69) is 31.7 Å². The van der Waals surface area contributed by atoms with Crippen LogP contribution < -0.4 is 5.32 Å². The highest BCUT2D eigenvalue weighted by molar-refractivity contribution is 9.10. The predicted octanol–water partition coefficient (Wildman–Crippen LogP) is 3.32. The molecule has 71 valence electrons. The first-order chi connectivity index (χ1) is 6.84. The number of halogens is 1. The van der Waals surface area contributed by atoms with Crippen molar-refractivity contribution in [3.63, 3.8) is 0 Å². The molecule has 0 aliphatic carbocycles. The topological polar surface area (TPSA) is 24.9 Å². The van der Waals surface area contributed by atoms with E-state index in [-0.39, 0.29) is 0 Å². The molecule has 0 atom stereocenters. The highest BCUT2D eigenvalue weighted by Crippen LogP contribution is 2.14. The summed E-state index contributed by atoms with van der Waals surface area (Å²) in [6.07, 6.45) is 0. The maximum Gasteiger partial charge on any atom is 0.152 e. The third-order valence-corrected chi connectivity index (χ3v) is 2.87. The van der Waals surface area contributed by atoms with Crippen LogP contribution in [0.25, 0.3) is 0 Å². The number of thiazole rings is 1. The molecule has 0 saturated carbocycles. The fourth-order valence-corrected chi connectivity index (χ4v) is 1.81. The van der Waals surface area contributed by atoms with Gasteiger partial charge in [0.15, 0.2) is 5.51 Å². The third kappa shape index (κ3) is 2.56. The van der Waals surface area contributed by atoms with Crippen LogP contribution in [0, 0.1) is 5.51 Å². The normalized spacial score (nSPS) is 10.1. The molecule has 0 saturated heterocycles. The molecule has 0 aliphatic heterocycles. The van der Waals surface area contributed by atoms with Gasteiger partial charge >= 0.3 is 0 Å². The van der Waals surface area contributed by atoms with Crippen molar-refractivity contribution in [3.8, 4) is 0 Å². The Bertz CT molecular complexity index is 383. The quantitative estimate of drug-likeness (QED) is 0.923. The van der Waals surface area contributed by atoms with Crippen LogP contribution >= 0.6 is 27.3 Å². The van der Waals surface area contributed by atoms with Crippen LogP contribution in [-0.4, -0.2) is 4.98 Å². The van der Waals surface area contributed by atoms with Crippen LogP contribution in [0.15, 0.2) is 34.1 Å². The van der Waals surface area contributed by atoms with E-state index in [4.69, 9.17) is 0 Å². The van der Waals surface area contributed by atoms with Gasteiger partial charge in [-0.05, 0) is 24.3 Å². The Hall–Kier alpha value is -0.870. The molecule has 1 radical (unpaired) electrons. The van der Waals surface area contributed by atoms with E-state index in [1.165, 1.54) is 11.3 Å². The van der Waals surface area contributed by atoms with Crippen molar-refractivity contribution in [2.75, 3.05) is 5.32 Å². The SMILES string of the molecule is Brc1ccc(NCc2cs[c]n2)cc1. The van der Waals surface area contributed by atoms with Gasteiger partial charge in [0.05, 0.1) is 12.2 Å². The Kier molecular flexibility index (Phi) is 3.16. The lowest BCUT2D eigenvalue weighted by atomic mass is 10.3. The summed E-state index contributed by atoms with van der Waals surface area (Å²) in [5.41, 5.74) is 4.94. The monoisotopic (exact) mass is 267 g/mol. The summed E-state index contributed by atoms with van der Waals surface area (Å²) in [6.45, 7) is 0.752. The molecule has 0 fully saturated rings. The molecule has 0 bridgehead atoms. The van der Waals surface area contributed by atoms with Gasteiger partial charge in [0.2, 0.25) is 0 Å². The number of nitrogens with zero attached hydrogens (tertiary/aromatic N) is 1. The van der Waals surface area contributed by atoms with Crippen LogP contribution in [-0.2, 0) is 6.54 Å². The van der Waals surface area contributed by atoms with E-state index in [0.717, 1.165) is 22.4 Å². The van der Waals surface area contributed by atoms with Gasteiger partial charge in [-0.2, -0.15) is 0 Å². The molecule has 1 aromatic heterocycles. The maximum atomic E-state index is 4.07. The second-order valence-electron chi connectivity index (χ2n) is 2.79. The molecular formula is C10H8BrN2S. The zero-order valence-corrected chi connectivity index (χ0v) is 9.73. The largest absolute Gasteiger partial charge is 0.379 e. The van der Waals surface area contributed by atoms with Crippen LogP contribution in [0.2, 0.25) is 0 Å². The van der Waals surface area contributed by atoms with E-state index in [9.17, 15) is 0 Å². The van der Waals surface area contributed by atoms with Crippen LogP contribution in [0.1, 0.15) is 5.69 Å². The molecule has 2 rings (SSSR count). The van der Waals surface area contributed by atoms with Gasteiger partial charge in [-0.1, -0.05) is 15.9 Å².